The monoisotopic (exact) mass is 539 g/mol. The van der Waals surface area contributed by atoms with Crippen molar-refractivity contribution in [2.24, 2.45) is 14.1 Å². The van der Waals surface area contributed by atoms with Gasteiger partial charge in [0.1, 0.15) is 0 Å². The van der Waals surface area contributed by atoms with E-state index in [2.05, 4.69) is 131 Å². The normalized spacial score (nSPS) is 11.8. The number of aromatic nitrogens is 2. The average molecular weight is 540 g/mol. The van der Waals surface area contributed by atoms with Crippen molar-refractivity contribution in [1.82, 2.24) is 24.7 Å². The lowest BCUT2D eigenvalue weighted by molar-refractivity contribution is 0.328. The van der Waals surface area contributed by atoms with Crippen LogP contribution >= 0.6 is 12.4 Å². The molecule has 0 amide bonds. The molecule has 0 saturated carbocycles. The summed E-state index contributed by atoms with van der Waals surface area (Å²) in [5, 5.41) is 15.3. The molecule has 2 aromatic heterocycles. The van der Waals surface area contributed by atoms with Gasteiger partial charge in [0.2, 0.25) is 0 Å². The Morgan fingerprint density at radius 2 is 1.03 bits per heavy atom. The summed E-state index contributed by atoms with van der Waals surface area (Å²) in [6.07, 6.45) is 4.54. The third-order valence-corrected chi connectivity index (χ3v) is 7.87. The van der Waals surface area contributed by atoms with Crippen LogP contribution in [0.2, 0.25) is 0 Å². The van der Waals surface area contributed by atoms with Crippen molar-refractivity contribution in [2.75, 3.05) is 33.2 Å². The topological polar surface area (TPSA) is 37.2 Å². The van der Waals surface area contributed by atoms with E-state index in [0.717, 1.165) is 39.3 Å². The van der Waals surface area contributed by atoms with E-state index in [4.69, 9.17) is 0 Å². The van der Waals surface area contributed by atoms with Gasteiger partial charge in [-0.25, -0.2) is 0 Å². The van der Waals surface area contributed by atoms with Crippen LogP contribution in [0.4, 0.5) is 0 Å². The third-order valence-electron chi connectivity index (χ3n) is 7.87. The number of halogens is 1. The molecule has 2 heterocycles. The Morgan fingerprint density at radius 3 is 1.49 bits per heavy atom. The maximum Gasteiger partial charge on any atom is 0.0560 e. The zero-order valence-corrected chi connectivity index (χ0v) is 23.9. The van der Waals surface area contributed by atoms with Crippen molar-refractivity contribution in [3.63, 3.8) is 0 Å². The Bertz CT molecular complexity index is 1600. The lowest BCUT2D eigenvalue weighted by Gasteiger charge is -2.17. The molecule has 2 N–H and O–H groups in total. The SMILES string of the molecule is CN(CCNCc1cn(C)c2c1ccc1ccccc12)CCNCc1cn(C)c2c1ccc1ccccc12.Cl. The van der Waals surface area contributed by atoms with Gasteiger partial charge in [0.25, 0.3) is 0 Å². The first-order chi connectivity index (χ1) is 18.6. The molecule has 0 saturated heterocycles. The van der Waals surface area contributed by atoms with Crippen LogP contribution in [0.5, 0.6) is 0 Å². The van der Waals surface area contributed by atoms with E-state index in [1.807, 2.05) is 0 Å². The van der Waals surface area contributed by atoms with Crippen LogP contribution in [0.15, 0.2) is 85.2 Å². The first-order valence-electron chi connectivity index (χ1n) is 13.6. The summed E-state index contributed by atoms with van der Waals surface area (Å²) in [6.45, 7) is 5.76. The van der Waals surface area contributed by atoms with Gasteiger partial charge in [0, 0.05) is 87.3 Å². The summed E-state index contributed by atoms with van der Waals surface area (Å²) in [5.41, 5.74) is 5.37. The largest absolute Gasteiger partial charge is 0.350 e. The maximum atomic E-state index is 3.66. The molecule has 0 aliphatic carbocycles. The van der Waals surface area contributed by atoms with E-state index >= 15 is 0 Å². The molecule has 6 rings (SSSR count). The van der Waals surface area contributed by atoms with Crippen molar-refractivity contribution < 1.29 is 0 Å². The van der Waals surface area contributed by atoms with Crippen LogP contribution < -0.4 is 10.6 Å². The predicted octanol–water partition coefficient (Wildman–Crippen LogP) is 6.21. The van der Waals surface area contributed by atoms with Crippen molar-refractivity contribution in [3.8, 4) is 0 Å². The summed E-state index contributed by atoms with van der Waals surface area (Å²) in [5.74, 6) is 0. The summed E-state index contributed by atoms with van der Waals surface area (Å²) in [7, 11) is 6.51. The van der Waals surface area contributed by atoms with Gasteiger partial charge in [-0.15, -0.1) is 12.4 Å². The predicted molar refractivity (Wildman–Crippen MR) is 169 cm³/mol. The van der Waals surface area contributed by atoms with E-state index < -0.39 is 0 Å². The Kier molecular flexibility index (Phi) is 8.24. The molecule has 0 unspecified atom stereocenters. The van der Waals surface area contributed by atoms with Crippen LogP contribution in [0.1, 0.15) is 11.1 Å². The van der Waals surface area contributed by atoms with Crippen LogP contribution in [0, 0.1) is 0 Å². The summed E-state index contributed by atoms with van der Waals surface area (Å²) < 4.78 is 4.54. The van der Waals surface area contributed by atoms with E-state index in [-0.39, 0.29) is 12.4 Å². The molecule has 0 spiro atoms. The van der Waals surface area contributed by atoms with Gasteiger partial charge in [-0.1, -0.05) is 72.8 Å². The van der Waals surface area contributed by atoms with Gasteiger partial charge in [0.15, 0.2) is 0 Å². The molecule has 0 atom stereocenters. The van der Waals surface area contributed by atoms with Gasteiger partial charge < -0.3 is 24.7 Å². The first-order valence-corrected chi connectivity index (χ1v) is 13.6. The molecule has 6 aromatic rings. The van der Waals surface area contributed by atoms with Crippen LogP contribution in [0.3, 0.4) is 0 Å². The minimum absolute atomic E-state index is 0. The average Bonchev–Trinajstić information content (AvgIpc) is 3.45. The van der Waals surface area contributed by atoms with Crippen molar-refractivity contribution in [3.05, 3.63) is 96.3 Å². The smallest absolute Gasteiger partial charge is 0.0560 e. The number of hydrogen-bond donors (Lipinski definition) is 2. The Morgan fingerprint density at radius 1 is 0.590 bits per heavy atom. The number of rotatable bonds is 10. The van der Waals surface area contributed by atoms with Crippen LogP contribution in [0.25, 0.3) is 43.4 Å². The quantitative estimate of drug-likeness (QED) is 0.203. The molecule has 39 heavy (non-hydrogen) atoms. The fourth-order valence-electron chi connectivity index (χ4n) is 5.90. The fraction of sp³-hybridized carbons (Fsp3) is 0.273. The molecule has 6 heteroatoms. The van der Waals surface area contributed by atoms with E-state index in [9.17, 15) is 0 Å². The summed E-state index contributed by atoms with van der Waals surface area (Å²) >= 11 is 0. The van der Waals surface area contributed by atoms with Crippen molar-refractivity contribution in [2.45, 2.75) is 13.1 Å². The Balaban J connectivity index is 0.00000308. The Labute approximate surface area is 236 Å². The minimum atomic E-state index is 0. The Hall–Kier alpha value is -3.35. The molecular formula is C33H38ClN5. The van der Waals surface area contributed by atoms with E-state index in [0.29, 0.717) is 0 Å². The van der Waals surface area contributed by atoms with Gasteiger partial charge >= 0.3 is 0 Å². The second kappa shape index (κ2) is 11.8. The molecule has 202 valence electrons. The van der Waals surface area contributed by atoms with Gasteiger partial charge in [-0.2, -0.15) is 0 Å². The molecule has 0 radical (unpaired) electrons. The van der Waals surface area contributed by atoms with Gasteiger partial charge in [-0.05, 0) is 28.9 Å². The number of hydrogen-bond acceptors (Lipinski definition) is 3. The number of benzene rings is 4. The lowest BCUT2D eigenvalue weighted by atomic mass is 10.1. The lowest BCUT2D eigenvalue weighted by Crippen LogP contribution is -2.34. The van der Waals surface area contributed by atoms with Crippen molar-refractivity contribution in [1.29, 1.82) is 0 Å². The molecule has 0 fully saturated rings. The fourth-order valence-corrected chi connectivity index (χ4v) is 5.90. The second-order valence-electron chi connectivity index (χ2n) is 10.6. The highest BCUT2D eigenvalue weighted by Gasteiger charge is 2.11. The zero-order chi connectivity index (χ0) is 26.1. The minimum Gasteiger partial charge on any atom is -0.350 e. The summed E-state index contributed by atoms with van der Waals surface area (Å²) in [6, 6.07) is 26.3. The molecule has 0 aliphatic heterocycles. The highest BCUT2D eigenvalue weighted by atomic mass is 35.5. The van der Waals surface area contributed by atoms with E-state index in [1.165, 1.54) is 54.5 Å². The first kappa shape index (κ1) is 27.2. The number of nitrogens with zero attached hydrogens (tertiary/aromatic N) is 3. The van der Waals surface area contributed by atoms with Gasteiger partial charge in [0.05, 0.1) is 11.0 Å². The number of nitrogens with one attached hydrogen (secondary N) is 2. The highest BCUT2D eigenvalue weighted by molar-refractivity contribution is 6.08. The van der Waals surface area contributed by atoms with E-state index in [1.54, 1.807) is 0 Å². The van der Waals surface area contributed by atoms with Crippen LogP contribution in [-0.2, 0) is 27.2 Å². The molecule has 4 aromatic carbocycles. The molecule has 0 aliphatic rings. The zero-order valence-electron chi connectivity index (χ0n) is 23.1. The van der Waals surface area contributed by atoms with Crippen molar-refractivity contribution >= 4 is 55.8 Å². The number of aryl methyl sites for hydroxylation is 2. The standard InChI is InChI=1S/C33H37N5.ClH/c1-36(18-16-34-20-26-22-37(2)32-28-10-6-4-8-24(28)12-14-30(26)32)19-17-35-21-27-23-38(3)33-29-11-7-5-9-25(29)13-15-31(27)33;/h4-15,22-23,34-35H,16-21H2,1-3H3;1H. The van der Waals surface area contributed by atoms with Gasteiger partial charge in [-0.3, -0.25) is 0 Å². The molecule has 5 nitrogen and oxygen atoms in total. The summed E-state index contributed by atoms with van der Waals surface area (Å²) in [4.78, 5) is 2.40. The van der Waals surface area contributed by atoms with Crippen LogP contribution in [-0.4, -0.2) is 47.3 Å². The molecule has 0 bridgehead atoms. The number of fused-ring (bicyclic) bond motifs is 6. The third kappa shape index (κ3) is 5.41. The number of likely N-dealkylation sites (N-methyl/N-ethyl adjacent to an activating group) is 1. The maximum absolute atomic E-state index is 3.66. The molecular weight excluding hydrogens is 502 g/mol. The highest BCUT2D eigenvalue weighted by Crippen LogP contribution is 2.30. The second-order valence-corrected chi connectivity index (χ2v) is 10.6.